The highest BCUT2D eigenvalue weighted by molar-refractivity contribution is 5.21. The summed E-state index contributed by atoms with van der Waals surface area (Å²) in [6, 6.07) is 8.47. The zero-order chi connectivity index (χ0) is 11.1. The number of hydrogen-bond donors (Lipinski definition) is 0. The van der Waals surface area contributed by atoms with E-state index in [4.69, 9.17) is 4.74 Å². The van der Waals surface area contributed by atoms with E-state index in [1.54, 1.807) is 0 Å². The van der Waals surface area contributed by atoms with Gasteiger partial charge in [-0.25, -0.2) is 0 Å². The summed E-state index contributed by atoms with van der Waals surface area (Å²) >= 11 is 0. The molecule has 0 unspecified atom stereocenters. The summed E-state index contributed by atoms with van der Waals surface area (Å²) in [7, 11) is 4.17. The van der Waals surface area contributed by atoms with Crippen LogP contribution in [0.2, 0.25) is 0 Å². The molecule has 0 aromatic heterocycles. The minimum atomic E-state index is 0.731. The molecule has 0 aliphatic rings. The number of aryl methyl sites for hydroxylation is 1. The topological polar surface area (TPSA) is 12.5 Å². The van der Waals surface area contributed by atoms with Crippen LogP contribution < -0.4 is 0 Å². The largest absolute Gasteiger partial charge is 0.377 e. The van der Waals surface area contributed by atoms with Crippen molar-refractivity contribution in [2.45, 2.75) is 20.0 Å². The first-order valence-electron chi connectivity index (χ1n) is 5.46. The quantitative estimate of drug-likeness (QED) is 0.664. The minimum Gasteiger partial charge on any atom is -0.377 e. The lowest BCUT2D eigenvalue weighted by Crippen LogP contribution is -2.14. The van der Waals surface area contributed by atoms with Gasteiger partial charge in [0, 0.05) is 6.61 Å². The van der Waals surface area contributed by atoms with E-state index in [0.717, 1.165) is 26.2 Å². The summed E-state index contributed by atoms with van der Waals surface area (Å²) in [5.74, 6) is 0. The van der Waals surface area contributed by atoms with Gasteiger partial charge in [0.1, 0.15) is 0 Å². The lowest BCUT2D eigenvalue weighted by Gasteiger charge is -2.09. The SMILES string of the molecule is Cc1cccc(COCCCN(C)C)c1. The molecule has 2 heteroatoms. The van der Waals surface area contributed by atoms with Gasteiger partial charge in [0.2, 0.25) is 0 Å². The van der Waals surface area contributed by atoms with E-state index in [9.17, 15) is 0 Å². The number of nitrogens with zero attached hydrogens (tertiary/aromatic N) is 1. The van der Waals surface area contributed by atoms with Gasteiger partial charge in [0.15, 0.2) is 0 Å². The average Bonchev–Trinajstić information content (AvgIpc) is 2.17. The highest BCUT2D eigenvalue weighted by Crippen LogP contribution is 2.05. The Balaban J connectivity index is 2.15. The van der Waals surface area contributed by atoms with Crippen molar-refractivity contribution in [3.05, 3.63) is 35.4 Å². The normalized spacial score (nSPS) is 10.9. The Morgan fingerprint density at radius 3 is 2.73 bits per heavy atom. The van der Waals surface area contributed by atoms with Gasteiger partial charge in [-0.05, 0) is 39.5 Å². The highest BCUT2D eigenvalue weighted by Gasteiger charge is 1.94. The smallest absolute Gasteiger partial charge is 0.0716 e. The van der Waals surface area contributed by atoms with Crippen LogP contribution >= 0.6 is 0 Å². The molecular formula is C13H21NO. The van der Waals surface area contributed by atoms with Gasteiger partial charge in [-0.15, -0.1) is 0 Å². The highest BCUT2D eigenvalue weighted by atomic mass is 16.5. The van der Waals surface area contributed by atoms with Crippen LogP contribution in [-0.4, -0.2) is 32.1 Å². The molecule has 0 atom stereocenters. The van der Waals surface area contributed by atoms with Crippen LogP contribution in [0.1, 0.15) is 17.5 Å². The van der Waals surface area contributed by atoms with E-state index in [2.05, 4.69) is 50.2 Å². The van der Waals surface area contributed by atoms with Gasteiger partial charge >= 0.3 is 0 Å². The predicted octanol–water partition coefficient (Wildman–Crippen LogP) is 2.46. The van der Waals surface area contributed by atoms with Crippen molar-refractivity contribution in [2.75, 3.05) is 27.2 Å². The molecule has 1 aromatic carbocycles. The molecule has 0 radical (unpaired) electrons. The summed E-state index contributed by atoms with van der Waals surface area (Å²) in [6.07, 6.45) is 1.10. The Hall–Kier alpha value is -0.860. The fraction of sp³-hybridized carbons (Fsp3) is 0.538. The van der Waals surface area contributed by atoms with E-state index in [0.29, 0.717) is 0 Å². The van der Waals surface area contributed by atoms with Gasteiger partial charge in [0.25, 0.3) is 0 Å². The van der Waals surface area contributed by atoms with Gasteiger partial charge in [0.05, 0.1) is 6.61 Å². The van der Waals surface area contributed by atoms with Crippen LogP contribution in [0.3, 0.4) is 0 Å². The van der Waals surface area contributed by atoms with E-state index >= 15 is 0 Å². The molecule has 2 nitrogen and oxygen atoms in total. The maximum absolute atomic E-state index is 5.60. The zero-order valence-electron chi connectivity index (χ0n) is 9.99. The molecule has 0 saturated heterocycles. The Bertz CT molecular complexity index is 284. The third kappa shape index (κ3) is 5.55. The second-order valence-corrected chi connectivity index (χ2v) is 4.20. The van der Waals surface area contributed by atoms with E-state index in [1.807, 2.05) is 0 Å². The maximum atomic E-state index is 5.60. The van der Waals surface area contributed by atoms with Gasteiger partial charge in [-0.1, -0.05) is 29.8 Å². The molecule has 15 heavy (non-hydrogen) atoms. The molecule has 1 aromatic rings. The number of benzene rings is 1. The van der Waals surface area contributed by atoms with Crippen molar-refractivity contribution >= 4 is 0 Å². The fourth-order valence-corrected chi connectivity index (χ4v) is 1.47. The number of rotatable bonds is 6. The third-order valence-corrected chi connectivity index (χ3v) is 2.25. The summed E-state index contributed by atoms with van der Waals surface area (Å²) in [6.45, 7) is 4.77. The van der Waals surface area contributed by atoms with Gasteiger partial charge in [-0.3, -0.25) is 0 Å². The molecule has 0 bridgehead atoms. The average molecular weight is 207 g/mol. The molecule has 0 saturated carbocycles. The second-order valence-electron chi connectivity index (χ2n) is 4.20. The molecule has 0 amide bonds. The lowest BCUT2D eigenvalue weighted by atomic mass is 10.1. The molecule has 84 valence electrons. The fourth-order valence-electron chi connectivity index (χ4n) is 1.47. The van der Waals surface area contributed by atoms with Crippen molar-refractivity contribution in [3.8, 4) is 0 Å². The van der Waals surface area contributed by atoms with Crippen LogP contribution in [0.5, 0.6) is 0 Å². The second kappa shape index (κ2) is 6.59. The van der Waals surface area contributed by atoms with Crippen LogP contribution in [0, 0.1) is 6.92 Å². The van der Waals surface area contributed by atoms with Crippen LogP contribution in [0.15, 0.2) is 24.3 Å². The molecule has 0 N–H and O–H groups in total. The van der Waals surface area contributed by atoms with Crippen molar-refractivity contribution < 1.29 is 4.74 Å². The Kier molecular flexibility index (Phi) is 5.37. The van der Waals surface area contributed by atoms with E-state index < -0.39 is 0 Å². The standard InChI is InChI=1S/C13H21NO/c1-12-6-4-7-13(10-12)11-15-9-5-8-14(2)3/h4,6-7,10H,5,8-9,11H2,1-3H3. The molecule has 0 spiro atoms. The molecule has 0 fully saturated rings. The minimum absolute atomic E-state index is 0.731. The molecule has 0 heterocycles. The number of hydrogen-bond acceptors (Lipinski definition) is 2. The van der Waals surface area contributed by atoms with Gasteiger partial charge < -0.3 is 9.64 Å². The first-order chi connectivity index (χ1) is 7.18. The molecule has 1 rings (SSSR count). The van der Waals surface area contributed by atoms with Crippen LogP contribution in [0.4, 0.5) is 0 Å². The Morgan fingerprint density at radius 2 is 2.07 bits per heavy atom. The summed E-state index contributed by atoms with van der Waals surface area (Å²) < 4.78 is 5.60. The van der Waals surface area contributed by atoms with E-state index in [-0.39, 0.29) is 0 Å². The van der Waals surface area contributed by atoms with Gasteiger partial charge in [-0.2, -0.15) is 0 Å². The molecule has 0 aliphatic heterocycles. The summed E-state index contributed by atoms with van der Waals surface area (Å²) in [5.41, 5.74) is 2.56. The van der Waals surface area contributed by atoms with Crippen molar-refractivity contribution in [2.24, 2.45) is 0 Å². The Morgan fingerprint density at radius 1 is 1.27 bits per heavy atom. The van der Waals surface area contributed by atoms with Crippen molar-refractivity contribution in [1.29, 1.82) is 0 Å². The number of ether oxygens (including phenoxy) is 1. The summed E-state index contributed by atoms with van der Waals surface area (Å²) in [5, 5.41) is 0. The lowest BCUT2D eigenvalue weighted by molar-refractivity contribution is 0.113. The first-order valence-corrected chi connectivity index (χ1v) is 5.46. The Labute approximate surface area is 92.9 Å². The zero-order valence-corrected chi connectivity index (χ0v) is 9.99. The monoisotopic (exact) mass is 207 g/mol. The van der Waals surface area contributed by atoms with Crippen molar-refractivity contribution in [1.82, 2.24) is 4.90 Å². The summed E-state index contributed by atoms with van der Waals surface area (Å²) in [4.78, 5) is 2.18. The maximum Gasteiger partial charge on any atom is 0.0716 e. The molecule has 0 aliphatic carbocycles. The van der Waals surface area contributed by atoms with Crippen LogP contribution in [-0.2, 0) is 11.3 Å². The third-order valence-electron chi connectivity index (χ3n) is 2.25. The van der Waals surface area contributed by atoms with Crippen LogP contribution in [0.25, 0.3) is 0 Å². The molecular weight excluding hydrogens is 186 g/mol. The van der Waals surface area contributed by atoms with E-state index in [1.165, 1.54) is 11.1 Å². The van der Waals surface area contributed by atoms with Crippen molar-refractivity contribution in [3.63, 3.8) is 0 Å². The predicted molar refractivity (Wildman–Crippen MR) is 64.0 cm³/mol. The first kappa shape index (κ1) is 12.2.